The Morgan fingerprint density at radius 2 is 1.65 bits per heavy atom. The van der Waals surface area contributed by atoms with Gasteiger partial charge in [-0.3, -0.25) is 14.6 Å². The number of carbonyl (C=O) groups excluding carboxylic acids is 2. The van der Waals surface area contributed by atoms with Crippen LogP contribution in [0.15, 0.2) is 60.4 Å². The highest BCUT2D eigenvalue weighted by atomic mass is 16.1. The van der Waals surface area contributed by atoms with Crippen LogP contribution in [0.5, 0.6) is 0 Å². The number of hydrazine groups is 1. The Balaban J connectivity index is 2.06. The molecule has 0 aliphatic carbocycles. The molecule has 2 aromatic rings. The number of allylic oxidation sites excluding steroid dienone is 1. The largest absolute Gasteiger partial charge is 0.399 e. The van der Waals surface area contributed by atoms with Gasteiger partial charge in [0.2, 0.25) is 0 Å². The number of aldehydes is 1. The average molecular weight is 311 g/mol. The highest BCUT2D eigenvalue weighted by molar-refractivity contribution is 6.04. The molecule has 2 aromatic carbocycles. The fourth-order valence-electron chi connectivity index (χ4n) is 1.82. The van der Waals surface area contributed by atoms with Crippen molar-refractivity contribution in [2.24, 2.45) is 11.6 Å². The van der Waals surface area contributed by atoms with Gasteiger partial charge < -0.3 is 16.8 Å². The van der Waals surface area contributed by atoms with Crippen LogP contribution in [0.4, 0.5) is 17.1 Å². The summed E-state index contributed by atoms with van der Waals surface area (Å²) in [6.07, 6.45) is 1.80. The molecule has 0 heterocycles. The van der Waals surface area contributed by atoms with Crippen molar-refractivity contribution in [1.82, 2.24) is 0 Å². The van der Waals surface area contributed by atoms with Gasteiger partial charge in [0.05, 0.1) is 11.4 Å². The van der Waals surface area contributed by atoms with Crippen LogP contribution in [0.25, 0.3) is 0 Å². The molecule has 0 aliphatic heterocycles. The molecule has 0 spiro atoms. The zero-order chi connectivity index (χ0) is 16.8. The van der Waals surface area contributed by atoms with E-state index < -0.39 is 0 Å². The first-order valence-electron chi connectivity index (χ1n) is 6.73. The van der Waals surface area contributed by atoms with Crippen molar-refractivity contribution in [2.45, 2.75) is 0 Å². The van der Waals surface area contributed by atoms with Crippen molar-refractivity contribution in [3.8, 4) is 0 Å². The molecule has 23 heavy (non-hydrogen) atoms. The minimum atomic E-state index is -0.243. The van der Waals surface area contributed by atoms with E-state index in [-0.39, 0.29) is 11.6 Å². The number of hydrogen-bond donors (Lipinski definition) is 4. The van der Waals surface area contributed by atoms with Gasteiger partial charge in [0.1, 0.15) is 0 Å². The van der Waals surface area contributed by atoms with E-state index in [4.69, 9.17) is 17.3 Å². The number of nitrogens with two attached hydrogens (primary N) is 3. The van der Waals surface area contributed by atoms with E-state index in [9.17, 15) is 9.59 Å². The Kier molecular flexibility index (Phi) is 4.96. The van der Waals surface area contributed by atoms with Gasteiger partial charge in [-0.05, 0) is 48.5 Å². The van der Waals surface area contributed by atoms with Crippen LogP contribution < -0.4 is 27.6 Å². The Bertz CT molecular complexity index is 723. The summed E-state index contributed by atoms with van der Waals surface area (Å²) >= 11 is 0. The third-order valence-corrected chi connectivity index (χ3v) is 3.02. The lowest BCUT2D eigenvalue weighted by molar-refractivity contribution is -0.105. The van der Waals surface area contributed by atoms with Crippen molar-refractivity contribution in [1.29, 1.82) is 0 Å². The monoisotopic (exact) mass is 311 g/mol. The van der Waals surface area contributed by atoms with Gasteiger partial charge in [-0.2, -0.15) is 0 Å². The second-order valence-corrected chi connectivity index (χ2v) is 4.78. The van der Waals surface area contributed by atoms with Gasteiger partial charge in [-0.15, -0.1) is 0 Å². The maximum Gasteiger partial charge on any atom is 0.255 e. The predicted octanol–water partition coefficient (Wildman–Crippen LogP) is 1.20. The molecule has 7 heteroatoms. The first-order chi connectivity index (χ1) is 11.0. The van der Waals surface area contributed by atoms with Crippen LogP contribution in [-0.4, -0.2) is 12.2 Å². The number of nitrogen functional groups attached to an aromatic ring is 1. The molecule has 0 fully saturated rings. The minimum absolute atomic E-state index is 0.00762. The van der Waals surface area contributed by atoms with Crippen molar-refractivity contribution >= 4 is 29.3 Å². The Morgan fingerprint density at radius 1 is 1.04 bits per heavy atom. The topological polar surface area (TPSA) is 127 Å². The van der Waals surface area contributed by atoms with Gasteiger partial charge >= 0.3 is 0 Å². The quantitative estimate of drug-likeness (QED) is 0.216. The third-order valence-electron chi connectivity index (χ3n) is 3.02. The summed E-state index contributed by atoms with van der Waals surface area (Å²) in [5.74, 6) is 5.50. The molecule has 0 saturated heterocycles. The maximum absolute atomic E-state index is 12.1. The van der Waals surface area contributed by atoms with Crippen molar-refractivity contribution in [3.05, 3.63) is 66.0 Å². The van der Waals surface area contributed by atoms with Crippen LogP contribution in [0.2, 0.25) is 0 Å². The number of hydrogen-bond acceptors (Lipinski definition) is 6. The average Bonchev–Trinajstić information content (AvgIpc) is 2.55. The lowest BCUT2D eigenvalue weighted by Gasteiger charge is -2.14. The van der Waals surface area contributed by atoms with Crippen LogP contribution in [-0.2, 0) is 4.79 Å². The molecule has 7 N–H and O–H groups in total. The first-order valence-corrected chi connectivity index (χ1v) is 6.73. The molecule has 2 rings (SSSR count). The molecule has 0 atom stereocenters. The molecule has 0 saturated carbocycles. The van der Waals surface area contributed by atoms with E-state index in [0.717, 1.165) is 0 Å². The number of carbonyl (C=O) groups is 2. The third kappa shape index (κ3) is 4.32. The lowest BCUT2D eigenvalue weighted by Crippen LogP contribution is -2.26. The summed E-state index contributed by atoms with van der Waals surface area (Å²) in [6, 6.07) is 13.4. The summed E-state index contributed by atoms with van der Waals surface area (Å²) < 4.78 is 0. The SMILES string of the molecule is N/C(C=O)=C\N(N)c1ccc(NC(=O)c2ccc(N)cc2)cc1. The molecule has 1 amide bonds. The normalized spacial score (nSPS) is 10.9. The molecule has 7 nitrogen and oxygen atoms in total. The molecular formula is C16H17N5O2. The summed E-state index contributed by atoms with van der Waals surface area (Å²) in [5.41, 5.74) is 13.3. The standard InChI is InChI=1S/C16H17N5O2/c17-12-3-1-11(2-4-12)16(23)20-14-5-7-15(8-6-14)21(19)9-13(18)10-22/h1-10H,17-19H2,(H,20,23)/b13-9-. The Hall–Kier alpha value is -3.32. The summed E-state index contributed by atoms with van der Waals surface area (Å²) in [7, 11) is 0. The lowest BCUT2D eigenvalue weighted by atomic mass is 10.2. The predicted molar refractivity (Wildman–Crippen MR) is 90.3 cm³/mol. The number of rotatable bonds is 5. The Labute approximate surface area is 133 Å². The zero-order valence-electron chi connectivity index (χ0n) is 12.3. The first kappa shape index (κ1) is 16.1. The van der Waals surface area contributed by atoms with Crippen molar-refractivity contribution < 1.29 is 9.59 Å². The van der Waals surface area contributed by atoms with Gasteiger partial charge in [-0.25, -0.2) is 5.84 Å². The highest BCUT2D eigenvalue weighted by Crippen LogP contribution is 2.17. The molecule has 0 aromatic heterocycles. The van der Waals surface area contributed by atoms with Gasteiger partial charge in [0, 0.05) is 23.1 Å². The van der Waals surface area contributed by atoms with E-state index in [2.05, 4.69) is 5.32 Å². The maximum atomic E-state index is 12.1. The van der Waals surface area contributed by atoms with E-state index in [0.29, 0.717) is 28.9 Å². The number of benzene rings is 2. The number of anilines is 3. The smallest absolute Gasteiger partial charge is 0.255 e. The van der Waals surface area contributed by atoms with Crippen LogP contribution in [0.3, 0.4) is 0 Å². The second-order valence-electron chi connectivity index (χ2n) is 4.78. The number of nitrogens with zero attached hydrogens (tertiary/aromatic N) is 1. The minimum Gasteiger partial charge on any atom is -0.399 e. The molecule has 0 unspecified atom stereocenters. The molecule has 118 valence electrons. The van der Waals surface area contributed by atoms with E-state index in [1.54, 1.807) is 48.5 Å². The second kappa shape index (κ2) is 7.10. The highest BCUT2D eigenvalue weighted by Gasteiger charge is 2.06. The summed E-state index contributed by atoms with van der Waals surface area (Å²) in [4.78, 5) is 22.5. The molecule has 0 bridgehead atoms. The molecular weight excluding hydrogens is 294 g/mol. The van der Waals surface area contributed by atoms with Crippen LogP contribution >= 0.6 is 0 Å². The van der Waals surface area contributed by atoms with E-state index in [1.807, 2.05) is 0 Å². The Morgan fingerprint density at radius 3 is 2.22 bits per heavy atom. The molecule has 0 radical (unpaired) electrons. The van der Waals surface area contributed by atoms with Gasteiger partial charge in [0.15, 0.2) is 6.29 Å². The van der Waals surface area contributed by atoms with Crippen LogP contribution in [0, 0.1) is 0 Å². The molecule has 0 aliphatic rings. The van der Waals surface area contributed by atoms with Crippen molar-refractivity contribution in [3.63, 3.8) is 0 Å². The van der Waals surface area contributed by atoms with Crippen molar-refractivity contribution in [2.75, 3.05) is 16.1 Å². The fourth-order valence-corrected chi connectivity index (χ4v) is 1.82. The fraction of sp³-hybridized carbons (Fsp3) is 0. The summed E-state index contributed by atoms with van der Waals surface area (Å²) in [5, 5.41) is 3.98. The van der Waals surface area contributed by atoms with E-state index in [1.165, 1.54) is 11.2 Å². The summed E-state index contributed by atoms with van der Waals surface area (Å²) in [6.45, 7) is 0. The van der Waals surface area contributed by atoms with Gasteiger partial charge in [-0.1, -0.05) is 0 Å². The number of nitrogens with one attached hydrogen (secondary N) is 1. The number of amides is 1. The van der Waals surface area contributed by atoms with E-state index >= 15 is 0 Å². The van der Waals surface area contributed by atoms with Gasteiger partial charge in [0.25, 0.3) is 5.91 Å². The zero-order valence-corrected chi connectivity index (χ0v) is 12.3. The van der Waals surface area contributed by atoms with Crippen LogP contribution in [0.1, 0.15) is 10.4 Å².